The highest BCUT2D eigenvalue weighted by Crippen LogP contribution is 2.15. The zero-order valence-corrected chi connectivity index (χ0v) is 8.62. The Labute approximate surface area is 88.0 Å². The molecule has 0 heterocycles. The molecule has 0 bridgehead atoms. The van der Waals surface area contributed by atoms with Crippen LogP contribution >= 0.6 is 11.6 Å². The topological polar surface area (TPSA) is 38.3 Å². The second-order valence-electron chi connectivity index (χ2n) is 2.70. The smallest absolute Gasteiger partial charge is 0.254 e. The van der Waals surface area contributed by atoms with Crippen molar-refractivity contribution < 1.29 is 9.53 Å². The minimum atomic E-state index is -0.588. The highest BCUT2D eigenvalue weighted by atomic mass is 35.5. The molecule has 4 heteroatoms. The molecule has 1 atom stereocenters. The van der Waals surface area contributed by atoms with Gasteiger partial charge in [-0.3, -0.25) is 4.79 Å². The molecule has 0 aromatic heterocycles. The van der Waals surface area contributed by atoms with Crippen molar-refractivity contribution in [2.75, 3.05) is 13.1 Å². The predicted molar refractivity (Wildman–Crippen MR) is 55.1 cm³/mol. The minimum absolute atomic E-state index is 0.0888. The molecule has 1 unspecified atom stereocenters. The van der Waals surface area contributed by atoms with Crippen LogP contribution in [-0.4, -0.2) is 19.0 Å². The van der Waals surface area contributed by atoms with Crippen molar-refractivity contribution in [2.45, 2.75) is 6.10 Å². The summed E-state index contributed by atoms with van der Waals surface area (Å²) in [6.45, 7) is 0. The molecule has 1 aromatic carbocycles. The Morgan fingerprint density at radius 1 is 1.50 bits per heavy atom. The largest absolute Gasteiger partial charge is 0.367 e. The van der Waals surface area contributed by atoms with E-state index in [1.165, 1.54) is 7.11 Å². The van der Waals surface area contributed by atoms with Gasteiger partial charge in [-0.25, -0.2) is 0 Å². The van der Waals surface area contributed by atoms with E-state index >= 15 is 0 Å². The summed E-state index contributed by atoms with van der Waals surface area (Å²) in [6.07, 6.45) is -0.588. The Balaban J connectivity index is 2.77. The fraction of sp³-hybridized carbons (Fsp3) is 0.300. The van der Waals surface area contributed by atoms with Crippen LogP contribution in [0.5, 0.6) is 0 Å². The first-order chi connectivity index (χ1) is 6.79. The van der Waals surface area contributed by atoms with Crippen molar-refractivity contribution in [1.82, 2.24) is 5.32 Å². The van der Waals surface area contributed by atoms with Gasteiger partial charge >= 0.3 is 0 Å². The van der Waals surface area contributed by atoms with Gasteiger partial charge in [0.05, 0.1) is 6.00 Å². The molecule has 0 aliphatic carbocycles. The molecule has 0 aliphatic heterocycles. The molecule has 3 nitrogen and oxygen atoms in total. The lowest BCUT2D eigenvalue weighted by atomic mass is 10.1. The lowest BCUT2D eigenvalue weighted by Crippen LogP contribution is -2.29. The van der Waals surface area contributed by atoms with Crippen molar-refractivity contribution in [3.63, 3.8) is 0 Å². The highest BCUT2D eigenvalue weighted by Gasteiger charge is 2.18. The number of carbonyl (C=O) groups is 1. The molecule has 0 aliphatic rings. The standard InChI is InChI=1S/C10H12ClNO2/c1-14-9(10(13)12-7-11)8-5-3-2-4-6-8/h2-6,9H,7H2,1H3,(H,12,13). The van der Waals surface area contributed by atoms with Crippen LogP contribution in [-0.2, 0) is 9.53 Å². The molecule has 1 N–H and O–H groups in total. The van der Waals surface area contributed by atoms with Crippen LogP contribution in [0.15, 0.2) is 30.3 Å². The van der Waals surface area contributed by atoms with Crippen LogP contribution < -0.4 is 5.32 Å². The van der Waals surface area contributed by atoms with E-state index < -0.39 is 6.10 Å². The van der Waals surface area contributed by atoms with E-state index in [0.717, 1.165) is 5.56 Å². The number of halogens is 1. The van der Waals surface area contributed by atoms with Gasteiger partial charge < -0.3 is 10.1 Å². The van der Waals surface area contributed by atoms with E-state index in [1.807, 2.05) is 30.3 Å². The Morgan fingerprint density at radius 3 is 2.64 bits per heavy atom. The van der Waals surface area contributed by atoms with E-state index in [9.17, 15) is 4.79 Å². The summed E-state index contributed by atoms with van der Waals surface area (Å²) in [5.41, 5.74) is 0.817. The van der Waals surface area contributed by atoms with Crippen molar-refractivity contribution >= 4 is 17.5 Å². The zero-order chi connectivity index (χ0) is 10.4. The lowest BCUT2D eigenvalue weighted by Gasteiger charge is -2.14. The van der Waals surface area contributed by atoms with E-state index in [2.05, 4.69) is 5.32 Å². The van der Waals surface area contributed by atoms with Gasteiger partial charge in [0.15, 0.2) is 6.10 Å². The highest BCUT2D eigenvalue weighted by molar-refractivity contribution is 6.18. The maximum atomic E-state index is 11.5. The molecule has 0 saturated carbocycles. The fourth-order valence-corrected chi connectivity index (χ4v) is 1.31. The van der Waals surface area contributed by atoms with Crippen molar-refractivity contribution in [2.24, 2.45) is 0 Å². The summed E-state index contributed by atoms with van der Waals surface area (Å²) in [5.74, 6) is -0.228. The molecular formula is C10H12ClNO2. The quantitative estimate of drug-likeness (QED) is 0.611. The third-order valence-electron chi connectivity index (χ3n) is 1.82. The zero-order valence-electron chi connectivity index (χ0n) is 7.87. The van der Waals surface area contributed by atoms with E-state index in [0.29, 0.717) is 0 Å². The maximum absolute atomic E-state index is 11.5. The van der Waals surface area contributed by atoms with Crippen LogP contribution in [0, 0.1) is 0 Å². The van der Waals surface area contributed by atoms with Gasteiger partial charge in [0.2, 0.25) is 0 Å². The summed E-state index contributed by atoms with van der Waals surface area (Å²) >= 11 is 5.40. The van der Waals surface area contributed by atoms with Crippen molar-refractivity contribution in [3.8, 4) is 0 Å². The molecule has 1 rings (SSSR count). The number of hydrogen-bond donors (Lipinski definition) is 1. The molecule has 1 aromatic rings. The fourth-order valence-electron chi connectivity index (χ4n) is 1.18. The minimum Gasteiger partial charge on any atom is -0.367 e. The van der Waals surface area contributed by atoms with E-state index in [4.69, 9.17) is 16.3 Å². The Morgan fingerprint density at radius 2 is 2.14 bits per heavy atom. The molecule has 0 spiro atoms. The van der Waals surface area contributed by atoms with Crippen LogP contribution in [0.25, 0.3) is 0 Å². The van der Waals surface area contributed by atoms with Gasteiger partial charge in [-0.2, -0.15) is 0 Å². The SMILES string of the molecule is COC(C(=O)NCCl)c1ccccc1. The van der Waals surface area contributed by atoms with E-state index in [-0.39, 0.29) is 11.9 Å². The molecular weight excluding hydrogens is 202 g/mol. The Kier molecular flexibility index (Phi) is 4.43. The van der Waals surface area contributed by atoms with Gasteiger partial charge in [-0.1, -0.05) is 30.3 Å². The number of benzene rings is 1. The molecule has 76 valence electrons. The predicted octanol–water partition coefficient (Wildman–Crippen LogP) is 1.69. The second kappa shape index (κ2) is 5.62. The monoisotopic (exact) mass is 213 g/mol. The van der Waals surface area contributed by atoms with Crippen LogP contribution in [0.1, 0.15) is 11.7 Å². The van der Waals surface area contributed by atoms with Gasteiger partial charge in [0.25, 0.3) is 5.91 Å². The first-order valence-corrected chi connectivity index (χ1v) is 4.74. The summed E-state index contributed by atoms with van der Waals surface area (Å²) in [4.78, 5) is 11.5. The van der Waals surface area contributed by atoms with Crippen molar-refractivity contribution in [3.05, 3.63) is 35.9 Å². The normalized spacial score (nSPS) is 12.1. The number of methoxy groups -OCH3 is 1. The van der Waals surface area contributed by atoms with Crippen molar-refractivity contribution in [1.29, 1.82) is 0 Å². The van der Waals surface area contributed by atoms with Gasteiger partial charge in [-0.15, -0.1) is 11.6 Å². The molecule has 0 saturated heterocycles. The third kappa shape index (κ3) is 2.72. The summed E-state index contributed by atoms with van der Waals surface area (Å²) < 4.78 is 5.08. The maximum Gasteiger partial charge on any atom is 0.254 e. The molecule has 14 heavy (non-hydrogen) atoms. The molecule has 0 fully saturated rings. The first kappa shape index (κ1) is 11.0. The molecule has 1 amide bonds. The molecule has 0 radical (unpaired) electrons. The third-order valence-corrected chi connectivity index (χ3v) is 1.95. The average molecular weight is 214 g/mol. The Hall–Kier alpha value is -1.06. The van der Waals surface area contributed by atoms with Crippen LogP contribution in [0.2, 0.25) is 0 Å². The number of amides is 1. The van der Waals surface area contributed by atoms with Gasteiger partial charge in [0.1, 0.15) is 0 Å². The Bertz CT molecular complexity index is 289. The number of hydrogen-bond acceptors (Lipinski definition) is 2. The number of carbonyl (C=O) groups excluding carboxylic acids is 1. The average Bonchev–Trinajstić information content (AvgIpc) is 2.21. The van der Waals surface area contributed by atoms with Crippen LogP contribution in [0.3, 0.4) is 0 Å². The van der Waals surface area contributed by atoms with Gasteiger partial charge in [0, 0.05) is 7.11 Å². The van der Waals surface area contributed by atoms with Crippen LogP contribution in [0.4, 0.5) is 0 Å². The summed E-state index contributed by atoms with van der Waals surface area (Å²) in [7, 11) is 1.49. The second-order valence-corrected chi connectivity index (χ2v) is 2.97. The van der Waals surface area contributed by atoms with Gasteiger partial charge in [-0.05, 0) is 5.56 Å². The number of alkyl halides is 1. The summed E-state index contributed by atoms with van der Waals surface area (Å²) in [5, 5.41) is 2.50. The first-order valence-electron chi connectivity index (χ1n) is 4.21. The van der Waals surface area contributed by atoms with E-state index in [1.54, 1.807) is 0 Å². The summed E-state index contributed by atoms with van der Waals surface area (Å²) in [6, 6.07) is 9.36. The lowest BCUT2D eigenvalue weighted by molar-refractivity contribution is -0.131. The number of nitrogens with one attached hydrogen (secondary N) is 1. The number of ether oxygens (including phenoxy) is 1. The number of rotatable bonds is 4.